The monoisotopic (exact) mass is 385 g/mol. The van der Waals surface area contributed by atoms with Gasteiger partial charge in [-0.3, -0.25) is 14.3 Å². The van der Waals surface area contributed by atoms with Gasteiger partial charge in [-0.2, -0.15) is 10.2 Å². The van der Waals surface area contributed by atoms with Crippen molar-refractivity contribution >= 4 is 11.6 Å². The van der Waals surface area contributed by atoms with Crippen molar-refractivity contribution in [1.82, 2.24) is 19.6 Å². The Kier molecular flexibility index (Phi) is 5.29. The Labute approximate surface area is 167 Å². The highest BCUT2D eigenvalue weighted by Gasteiger charge is 2.09. The van der Waals surface area contributed by atoms with Gasteiger partial charge in [-0.25, -0.2) is 4.68 Å². The molecule has 2 aromatic heterocycles. The Morgan fingerprint density at radius 1 is 0.966 bits per heavy atom. The molecule has 2 heterocycles. The van der Waals surface area contributed by atoms with Gasteiger partial charge < -0.3 is 5.32 Å². The van der Waals surface area contributed by atoms with Crippen LogP contribution in [-0.4, -0.2) is 25.5 Å². The number of nitrogens with one attached hydrogen (secondary N) is 1. The number of hydrogen-bond acceptors (Lipinski definition) is 4. The van der Waals surface area contributed by atoms with Crippen LogP contribution < -0.4 is 10.9 Å². The first-order chi connectivity index (χ1) is 14.2. The van der Waals surface area contributed by atoms with Crippen LogP contribution in [0.25, 0.3) is 11.3 Å². The van der Waals surface area contributed by atoms with Crippen LogP contribution in [0.15, 0.2) is 90.0 Å². The minimum atomic E-state index is -0.327. The molecule has 0 aliphatic rings. The zero-order valence-corrected chi connectivity index (χ0v) is 15.6. The van der Waals surface area contributed by atoms with Crippen molar-refractivity contribution in [2.24, 2.45) is 0 Å². The van der Waals surface area contributed by atoms with Gasteiger partial charge in [0.15, 0.2) is 0 Å². The number of rotatable bonds is 6. The highest BCUT2D eigenvalue weighted by molar-refractivity contribution is 5.90. The minimum absolute atomic E-state index is 0.164. The first kappa shape index (κ1) is 18.4. The summed E-state index contributed by atoms with van der Waals surface area (Å²) in [7, 11) is 0. The maximum absolute atomic E-state index is 12.5. The maximum Gasteiger partial charge on any atom is 0.267 e. The first-order valence-corrected chi connectivity index (χ1v) is 9.17. The summed E-state index contributed by atoms with van der Waals surface area (Å²) in [6.07, 6.45) is 3.60. The van der Waals surface area contributed by atoms with Gasteiger partial charge in [0, 0.05) is 29.7 Å². The van der Waals surface area contributed by atoms with Gasteiger partial charge in [0.1, 0.15) is 6.54 Å². The third-order valence-electron chi connectivity index (χ3n) is 4.34. The summed E-state index contributed by atoms with van der Waals surface area (Å²) >= 11 is 0. The van der Waals surface area contributed by atoms with Crippen molar-refractivity contribution < 1.29 is 4.79 Å². The number of carbonyl (C=O) groups is 1. The van der Waals surface area contributed by atoms with E-state index in [2.05, 4.69) is 15.5 Å². The number of carbonyl (C=O) groups excluding carboxylic acids is 1. The summed E-state index contributed by atoms with van der Waals surface area (Å²) < 4.78 is 2.98. The molecule has 0 unspecified atom stereocenters. The van der Waals surface area contributed by atoms with Crippen molar-refractivity contribution in [3.63, 3.8) is 0 Å². The van der Waals surface area contributed by atoms with Crippen molar-refractivity contribution in [2.75, 3.05) is 5.32 Å². The third-order valence-corrected chi connectivity index (χ3v) is 4.34. The molecular weight excluding hydrogens is 366 g/mol. The second kappa shape index (κ2) is 8.35. The van der Waals surface area contributed by atoms with Gasteiger partial charge in [0.25, 0.3) is 5.56 Å². The van der Waals surface area contributed by atoms with E-state index in [1.807, 2.05) is 60.8 Å². The lowest BCUT2D eigenvalue weighted by molar-refractivity contribution is -0.117. The highest BCUT2D eigenvalue weighted by Crippen LogP contribution is 2.14. The van der Waals surface area contributed by atoms with E-state index in [0.717, 1.165) is 11.1 Å². The predicted molar refractivity (Wildman–Crippen MR) is 110 cm³/mol. The van der Waals surface area contributed by atoms with Crippen LogP contribution in [-0.2, 0) is 17.9 Å². The molecule has 2 aromatic carbocycles. The lowest BCUT2D eigenvalue weighted by Gasteiger charge is -2.10. The summed E-state index contributed by atoms with van der Waals surface area (Å²) in [6, 6.07) is 22.0. The van der Waals surface area contributed by atoms with Crippen molar-refractivity contribution in [2.45, 2.75) is 13.1 Å². The summed E-state index contributed by atoms with van der Waals surface area (Å²) in [5, 5.41) is 11.3. The molecule has 1 amide bonds. The molecule has 0 atom stereocenters. The molecule has 4 rings (SSSR count). The van der Waals surface area contributed by atoms with Gasteiger partial charge in [0.2, 0.25) is 5.91 Å². The number of anilines is 1. The van der Waals surface area contributed by atoms with Crippen LogP contribution in [0.2, 0.25) is 0 Å². The van der Waals surface area contributed by atoms with E-state index in [1.165, 1.54) is 10.7 Å². The summed E-state index contributed by atoms with van der Waals surface area (Å²) in [4.78, 5) is 24.6. The summed E-state index contributed by atoms with van der Waals surface area (Å²) in [5.41, 5.74) is 2.86. The van der Waals surface area contributed by atoms with E-state index in [9.17, 15) is 9.59 Å². The van der Waals surface area contributed by atoms with Crippen molar-refractivity contribution in [1.29, 1.82) is 0 Å². The van der Waals surface area contributed by atoms with E-state index in [-0.39, 0.29) is 18.0 Å². The second-order valence-corrected chi connectivity index (χ2v) is 6.53. The van der Waals surface area contributed by atoms with E-state index < -0.39 is 0 Å². The number of benzene rings is 2. The predicted octanol–water partition coefficient (Wildman–Crippen LogP) is 2.79. The Bertz CT molecular complexity index is 1170. The van der Waals surface area contributed by atoms with Gasteiger partial charge in [-0.15, -0.1) is 0 Å². The largest absolute Gasteiger partial charge is 0.324 e. The zero-order valence-electron chi connectivity index (χ0n) is 15.6. The van der Waals surface area contributed by atoms with Crippen LogP contribution in [0.1, 0.15) is 5.56 Å². The zero-order chi connectivity index (χ0) is 20.1. The average molecular weight is 385 g/mol. The molecule has 0 spiro atoms. The van der Waals surface area contributed by atoms with Gasteiger partial charge >= 0.3 is 0 Å². The molecular formula is C22H19N5O2. The number of nitrogens with zero attached hydrogens (tertiary/aromatic N) is 4. The van der Waals surface area contributed by atoms with Crippen LogP contribution in [0.5, 0.6) is 0 Å². The standard InChI is InChI=1S/C22H19N5O2/c28-21(24-19-9-4-6-17(14-19)15-26-13-5-12-23-26)16-27-22(29)11-10-20(25-27)18-7-2-1-3-8-18/h1-14H,15-16H2,(H,24,28). The van der Waals surface area contributed by atoms with E-state index in [1.54, 1.807) is 23.0 Å². The van der Waals surface area contributed by atoms with Gasteiger partial charge in [-0.05, 0) is 29.8 Å². The van der Waals surface area contributed by atoms with Crippen LogP contribution in [0.4, 0.5) is 5.69 Å². The number of hydrogen-bond donors (Lipinski definition) is 1. The van der Waals surface area contributed by atoms with Gasteiger partial charge in [0.05, 0.1) is 12.2 Å². The molecule has 7 heteroatoms. The lowest BCUT2D eigenvalue weighted by atomic mass is 10.1. The van der Waals surface area contributed by atoms with Crippen LogP contribution in [0, 0.1) is 0 Å². The third kappa shape index (κ3) is 4.65. The van der Waals surface area contributed by atoms with Crippen LogP contribution >= 0.6 is 0 Å². The normalized spacial score (nSPS) is 10.6. The number of aromatic nitrogens is 4. The smallest absolute Gasteiger partial charge is 0.267 e. The molecule has 7 nitrogen and oxygen atoms in total. The molecule has 0 aliphatic carbocycles. The van der Waals surface area contributed by atoms with E-state index in [0.29, 0.717) is 17.9 Å². The first-order valence-electron chi connectivity index (χ1n) is 9.17. The Morgan fingerprint density at radius 2 is 1.83 bits per heavy atom. The highest BCUT2D eigenvalue weighted by atomic mass is 16.2. The van der Waals surface area contributed by atoms with Crippen LogP contribution in [0.3, 0.4) is 0 Å². The van der Waals surface area contributed by atoms with E-state index in [4.69, 9.17) is 0 Å². The molecule has 0 saturated carbocycles. The Morgan fingerprint density at radius 3 is 2.62 bits per heavy atom. The molecule has 4 aromatic rings. The molecule has 0 bridgehead atoms. The summed E-state index contributed by atoms with van der Waals surface area (Å²) in [5.74, 6) is -0.318. The fourth-order valence-corrected chi connectivity index (χ4v) is 2.99. The minimum Gasteiger partial charge on any atom is -0.324 e. The topological polar surface area (TPSA) is 81.8 Å². The maximum atomic E-state index is 12.5. The average Bonchev–Trinajstić information content (AvgIpc) is 3.23. The summed E-state index contributed by atoms with van der Waals surface area (Å²) in [6.45, 7) is 0.444. The lowest BCUT2D eigenvalue weighted by Crippen LogP contribution is -2.29. The Hall–Kier alpha value is -4.00. The molecule has 1 N–H and O–H groups in total. The van der Waals surface area contributed by atoms with Crippen molar-refractivity contribution in [3.05, 3.63) is 101 Å². The molecule has 0 aliphatic heterocycles. The number of amides is 1. The van der Waals surface area contributed by atoms with E-state index >= 15 is 0 Å². The molecule has 0 fully saturated rings. The van der Waals surface area contributed by atoms with Gasteiger partial charge in [-0.1, -0.05) is 42.5 Å². The molecule has 29 heavy (non-hydrogen) atoms. The molecule has 0 radical (unpaired) electrons. The fraction of sp³-hybridized carbons (Fsp3) is 0.0909. The SMILES string of the molecule is O=C(Cn1nc(-c2ccccc2)ccc1=O)Nc1cccc(Cn2cccn2)c1. The molecule has 144 valence electrons. The second-order valence-electron chi connectivity index (χ2n) is 6.53. The molecule has 0 saturated heterocycles. The quantitative estimate of drug-likeness (QED) is 0.553. The fourth-order valence-electron chi connectivity index (χ4n) is 2.99. The Balaban J connectivity index is 1.47. The van der Waals surface area contributed by atoms with Crippen molar-refractivity contribution in [3.8, 4) is 11.3 Å².